The Morgan fingerprint density at radius 2 is 2.17 bits per heavy atom. The van der Waals surface area contributed by atoms with Crippen molar-refractivity contribution >= 4 is 10.8 Å². The van der Waals surface area contributed by atoms with Crippen LogP contribution in [0.3, 0.4) is 0 Å². The summed E-state index contributed by atoms with van der Waals surface area (Å²) in [7, 11) is -1.14. The number of hydrogen-bond donors (Lipinski definition) is 0. The summed E-state index contributed by atoms with van der Waals surface area (Å²) in [5, 5.41) is 3.80. The van der Waals surface area contributed by atoms with E-state index in [1.54, 1.807) is 12.1 Å². The Hall–Kier alpha value is -2.41. The summed E-state index contributed by atoms with van der Waals surface area (Å²) < 4.78 is 27.9. The van der Waals surface area contributed by atoms with Gasteiger partial charge in [0.25, 0.3) is 0 Å². The van der Waals surface area contributed by atoms with E-state index in [1.165, 1.54) is 6.26 Å². The topological polar surface area (TPSA) is 78.4 Å². The molecule has 0 spiro atoms. The van der Waals surface area contributed by atoms with Crippen molar-refractivity contribution in [3.05, 3.63) is 54.1 Å². The first-order valence-corrected chi connectivity index (χ1v) is 8.60. The Labute approximate surface area is 135 Å². The van der Waals surface area contributed by atoms with Crippen LogP contribution in [0.25, 0.3) is 11.6 Å². The number of ether oxygens (including phenoxy) is 1. The predicted molar refractivity (Wildman–Crippen MR) is 85.4 cm³/mol. The molecule has 0 N–H and O–H groups in total. The summed E-state index contributed by atoms with van der Waals surface area (Å²) in [6, 6.07) is 11.2. The third kappa shape index (κ3) is 4.29. The van der Waals surface area contributed by atoms with Gasteiger partial charge in [0.1, 0.15) is 11.5 Å². The first kappa shape index (κ1) is 15.5. The van der Waals surface area contributed by atoms with E-state index in [-0.39, 0.29) is 5.75 Å². The van der Waals surface area contributed by atoms with Gasteiger partial charge < -0.3 is 13.7 Å². The van der Waals surface area contributed by atoms with Crippen molar-refractivity contribution in [2.45, 2.75) is 12.7 Å². The Balaban J connectivity index is 1.48. The van der Waals surface area contributed by atoms with Gasteiger partial charge in [-0.05, 0) is 36.8 Å². The lowest BCUT2D eigenvalue weighted by molar-refractivity contribution is 0.342. The third-order valence-electron chi connectivity index (χ3n) is 3.06. The van der Waals surface area contributed by atoms with E-state index < -0.39 is 10.8 Å². The minimum Gasteiger partial charge on any atom is -0.493 e. The molecule has 2 aromatic heterocycles. The van der Waals surface area contributed by atoms with Crippen LogP contribution < -0.4 is 4.74 Å². The standard InChI is InChI=1S/C16H16N2O4S/c1-12-4-2-5-13(10-12)20-8-9-23(19)11-15-17-16(18-22-15)14-6-3-7-21-14/h2-7,10H,8-9,11H2,1H3/t23-/m1/s1. The van der Waals surface area contributed by atoms with Crippen molar-refractivity contribution in [3.63, 3.8) is 0 Å². The molecule has 0 saturated heterocycles. The van der Waals surface area contributed by atoms with Gasteiger partial charge in [-0.15, -0.1) is 0 Å². The average molecular weight is 332 g/mol. The molecule has 0 aliphatic rings. The Kier molecular flexibility index (Phi) is 4.87. The van der Waals surface area contributed by atoms with Crippen LogP contribution in [-0.4, -0.2) is 26.7 Å². The Morgan fingerprint density at radius 1 is 1.26 bits per heavy atom. The van der Waals surface area contributed by atoms with Crippen molar-refractivity contribution in [1.29, 1.82) is 0 Å². The van der Waals surface area contributed by atoms with Crippen molar-refractivity contribution < 1.29 is 17.9 Å². The predicted octanol–water partition coefficient (Wildman–Crippen LogP) is 2.97. The summed E-state index contributed by atoms with van der Waals surface area (Å²) in [4.78, 5) is 4.17. The molecule has 23 heavy (non-hydrogen) atoms. The van der Waals surface area contributed by atoms with Crippen LogP contribution in [0.4, 0.5) is 0 Å². The largest absolute Gasteiger partial charge is 0.493 e. The maximum Gasteiger partial charge on any atom is 0.239 e. The number of hydrogen-bond acceptors (Lipinski definition) is 6. The van der Waals surface area contributed by atoms with Gasteiger partial charge in [-0.2, -0.15) is 4.98 Å². The summed E-state index contributed by atoms with van der Waals surface area (Å²) in [5.74, 6) is 2.58. The molecule has 7 heteroatoms. The minimum absolute atomic E-state index is 0.199. The van der Waals surface area contributed by atoms with E-state index in [0.29, 0.717) is 29.8 Å². The molecular weight excluding hydrogens is 316 g/mol. The number of nitrogens with zero attached hydrogens (tertiary/aromatic N) is 2. The molecule has 2 heterocycles. The van der Waals surface area contributed by atoms with Crippen LogP contribution in [0.1, 0.15) is 11.5 Å². The molecule has 120 valence electrons. The molecule has 0 bridgehead atoms. The highest BCUT2D eigenvalue weighted by molar-refractivity contribution is 7.84. The molecule has 1 atom stereocenters. The van der Waals surface area contributed by atoms with E-state index in [9.17, 15) is 4.21 Å². The van der Waals surface area contributed by atoms with Gasteiger partial charge in [0, 0.05) is 10.8 Å². The second-order valence-electron chi connectivity index (χ2n) is 4.94. The normalized spacial score (nSPS) is 12.2. The molecule has 0 fully saturated rings. The minimum atomic E-state index is -1.14. The molecule has 0 saturated carbocycles. The van der Waals surface area contributed by atoms with E-state index in [0.717, 1.165) is 11.3 Å². The number of aryl methyl sites for hydroxylation is 1. The maximum absolute atomic E-state index is 12.0. The zero-order chi connectivity index (χ0) is 16.1. The quantitative estimate of drug-likeness (QED) is 0.662. The smallest absolute Gasteiger partial charge is 0.239 e. The maximum atomic E-state index is 12.0. The molecule has 0 aliphatic heterocycles. The van der Waals surface area contributed by atoms with Gasteiger partial charge in [-0.25, -0.2) is 0 Å². The van der Waals surface area contributed by atoms with E-state index in [2.05, 4.69) is 10.1 Å². The molecule has 0 amide bonds. The van der Waals surface area contributed by atoms with Gasteiger partial charge in [0.05, 0.1) is 18.6 Å². The molecule has 6 nitrogen and oxygen atoms in total. The second kappa shape index (κ2) is 7.23. The molecule has 0 unspecified atom stereocenters. The first-order chi connectivity index (χ1) is 11.2. The van der Waals surface area contributed by atoms with Crippen molar-refractivity contribution in [2.24, 2.45) is 0 Å². The van der Waals surface area contributed by atoms with E-state index in [4.69, 9.17) is 13.7 Å². The average Bonchev–Trinajstić information content (AvgIpc) is 3.18. The second-order valence-corrected chi connectivity index (χ2v) is 6.52. The van der Waals surface area contributed by atoms with Crippen LogP contribution in [0.15, 0.2) is 51.6 Å². The fourth-order valence-electron chi connectivity index (χ4n) is 1.99. The van der Waals surface area contributed by atoms with Crippen LogP contribution in [0.2, 0.25) is 0 Å². The molecule has 3 aromatic rings. The molecular formula is C16H16N2O4S. The highest BCUT2D eigenvalue weighted by atomic mass is 32.2. The molecule has 0 radical (unpaired) electrons. The van der Waals surface area contributed by atoms with Crippen LogP contribution in [-0.2, 0) is 16.6 Å². The summed E-state index contributed by atoms with van der Waals surface area (Å²) in [6.45, 7) is 2.37. The van der Waals surface area contributed by atoms with Crippen molar-refractivity contribution in [3.8, 4) is 17.3 Å². The Morgan fingerprint density at radius 3 is 2.96 bits per heavy atom. The monoisotopic (exact) mass is 332 g/mol. The van der Waals surface area contributed by atoms with Crippen LogP contribution >= 0.6 is 0 Å². The number of furan rings is 1. The lowest BCUT2D eigenvalue weighted by Crippen LogP contribution is -2.10. The fraction of sp³-hybridized carbons (Fsp3) is 0.250. The zero-order valence-corrected chi connectivity index (χ0v) is 13.4. The summed E-state index contributed by atoms with van der Waals surface area (Å²) in [6.07, 6.45) is 1.53. The van der Waals surface area contributed by atoms with E-state index in [1.807, 2.05) is 31.2 Å². The lowest BCUT2D eigenvalue weighted by Gasteiger charge is -2.05. The van der Waals surface area contributed by atoms with Gasteiger partial charge in [-0.3, -0.25) is 4.21 Å². The van der Waals surface area contributed by atoms with Crippen LogP contribution in [0.5, 0.6) is 5.75 Å². The van der Waals surface area contributed by atoms with E-state index >= 15 is 0 Å². The highest BCUT2D eigenvalue weighted by Gasteiger charge is 2.13. The number of benzene rings is 1. The summed E-state index contributed by atoms with van der Waals surface area (Å²) in [5.41, 5.74) is 1.12. The number of aromatic nitrogens is 2. The lowest BCUT2D eigenvalue weighted by atomic mass is 10.2. The van der Waals surface area contributed by atoms with Crippen molar-refractivity contribution in [1.82, 2.24) is 10.1 Å². The number of rotatable bonds is 7. The van der Waals surface area contributed by atoms with Gasteiger partial charge in [0.2, 0.25) is 11.7 Å². The first-order valence-electron chi connectivity index (χ1n) is 7.11. The van der Waals surface area contributed by atoms with Gasteiger partial charge in [-0.1, -0.05) is 17.3 Å². The third-order valence-corrected chi connectivity index (χ3v) is 4.25. The highest BCUT2D eigenvalue weighted by Crippen LogP contribution is 2.16. The molecule has 1 aromatic carbocycles. The summed E-state index contributed by atoms with van der Waals surface area (Å²) >= 11 is 0. The van der Waals surface area contributed by atoms with Gasteiger partial charge in [0.15, 0.2) is 5.76 Å². The fourth-order valence-corrected chi connectivity index (χ4v) is 2.79. The SMILES string of the molecule is Cc1cccc(OCC[S@@](=O)Cc2nc(-c3ccco3)no2)c1. The van der Waals surface area contributed by atoms with Gasteiger partial charge >= 0.3 is 0 Å². The molecule has 3 rings (SSSR count). The van der Waals surface area contributed by atoms with Crippen LogP contribution in [0, 0.1) is 6.92 Å². The van der Waals surface area contributed by atoms with Crippen molar-refractivity contribution in [2.75, 3.05) is 12.4 Å². The molecule has 0 aliphatic carbocycles. The zero-order valence-electron chi connectivity index (χ0n) is 12.6. The Bertz CT molecular complexity index is 783.